The molecule has 2 aliphatic heterocycles. The first-order valence-electron chi connectivity index (χ1n) is 11.3. The predicted molar refractivity (Wildman–Crippen MR) is 136 cm³/mol. The molecule has 194 valence electrons. The molecule has 34 heavy (non-hydrogen) atoms. The van der Waals surface area contributed by atoms with Gasteiger partial charge in [-0.15, -0.1) is 23.5 Å². The molecule has 1 N–H and O–H groups in total. The summed E-state index contributed by atoms with van der Waals surface area (Å²) in [6.07, 6.45) is 4.08. The van der Waals surface area contributed by atoms with Gasteiger partial charge in [-0.1, -0.05) is 34.1 Å². The van der Waals surface area contributed by atoms with Crippen LogP contribution in [-0.4, -0.2) is 87.3 Å². The van der Waals surface area contributed by atoms with Crippen molar-refractivity contribution in [2.24, 2.45) is 0 Å². The minimum atomic E-state index is -0.378. The van der Waals surface area contributed by atoms with Crippen LogP contribution in [0, 0.1) is 0 Å². The zero-order valence-corrected chi connectivity index (χ0v) is 21.5. The minimum absolute atomic E-state index is 0. The van der Waals surface area contributed by atoms with Crippen LogP contribution in [0.2, 0.25) is 0 Å². The van der Waals surface area contributed by atoms with Crippen LogP contribution in [0.15, 0.2) is 0 Å². The third-order valence-corrected chi connectivity index (χ3v) is 7.60. The number of Topliss-reactive ketones (excluding diaryl/α,β-unsaturated/α-hetero) is 1. The molecule has 2 rings (SSSR count). The Morgan fingerprint density at radius 2 is 1.26 bits per heavy atom. The topological polar surface area (TPSA) is 121 Å². The molecule has 0 radical (unpaired) electrons. The molecule has 0 saturated carbocycles. The molecule has 5 amide bonds. The lowest BCUT2D eigenvalue weighted by atomic mass is 10.3. The molecule has 2 atom stereocenters. The fraction of sp³-hybridized carbons (Fsp3) is 0.739. The van der Waals surface area contributed by atoms with Crippen molar-refractivity contribution in [2.75, 3.05) is 31.6 Å². The van der Waals surface area contributed by atoms with Gasteiger partial charge in [0.1, 0.15) is 5.78 Å². The summed E-state index contributed by atoms with van der Waals surface area (Å²) in [7, 11) is 1.55. The molecular weight excluding hydrogens is 478 g/mol. The van der Waals surface area contributed by atoms with Crippen molar-refractivity contribution in [3.05, 3.63) is 0 Å². The van der Waals surface area contributed by atoms with Gasteiger partial charge in [0.05, 0.1) is 22.0 Å². The zero-order valence-electron chi connectivity index (χ0n) is 19.9. The number of amides is 5. The van der Waals surface area contributed by atoms with E-state index in [0.717, 1.165) is 25.7 Å². The number of nitrogens with one attached hydrogen (secondary N) is 1. The van der Waals surface area contributed by atoms with E-state index in [1.54, 1.807) is 7.05 Å². The first-order chi connectivity index (χ1) is 15.7. The first-order valence-corrected chi connectivity index (χ1v) is 13.4. The Labute approximate surface area is 211 Å². The van der Waals surface area contributed by atoms with E-state index in [2.05, 4.69) is 5.32 Å². The second kappa shape index (κ2) is 16.7. The lowest BCUT2D eigenvalue weighted by Crippen LogP contribution is -2.32. The Hall–Kier alpha value is -1.88. The van der Waals surface area contributed by atoms with E-state index in [1.807, 2.05) is 13.8 Å². The van der Waals surface area contributed by atoms with Crippen molar-refractivity contribution < 1.29 is 28.8 Å². The van der Waals surface area contributed by atoms with Gasteiger partial charge in [0.2, 0.25) is 29.5 Å². The molecule has 11 heteroatoms. The Morgan fingerprint density at radius 3 is 1.62 bits per heavy atom. The van der Waals surface area contributed by atoms with Crippen LogP contribution >= 0.6 is 23.5 Å². The maximum atomic E-state index is 11.9. The summed E-state index contributed by atoms with van der Waals surface area (Å²) < 4.78 is 0. The molecule has 0 aromatic rings. The molecule has 0 aromatic carbocycles. The summed E-state index contributed by atoms with van der Waals surface area (Å²) in [6.45, 7) is 6.55. The SMILES string of the molecule is C.CCCCN1C(=O)CC(SCC(=O)NC)C1=O.CCCCN1C(=O)CC(SCC(C)=O)C1=O. The highest BCUT2D eigenvalue weighted by Crippen LogP contribution is 2.26. The number of hydrogen-bond donors (Lipinski definition) is 1. The summed E-state index contributed by atoms with van der Waals surface area (Å²) in [5.74, 6) is -0.0217. The molecule has 2 saturated heterocycles. The third-order valence-electron chi connectivity index (χ3n) is 5.06. The molecule has 2 unspecified atom stereocenters. The van der Waals surface area contributed by atoms with E-state index in [4.69, 9.17) is 0 Å². The number of ketones is 1. The molecule has 2 aliphatic rings. The number of hydrogen-bond acceptors (Lipinski definition) is 8. The van der Waals surface area contributed by atoms with Gasteiger partial charge in [0.15, 0.2) is 0 Å². The Kier molecular flexibility index (Phi) is 15.8. The number of carbonyl (C=O) groups excluding carboxylic acids is 6. The molecule has 2 fully saturated rings. The molecule has 0 spiro atoms. The highest BCUT2D eigenvalue weighted by molar-refractivity contribution is 8.01. The molecule has 0 aliphatic carbocycles. The Morgan fingerprint density at radius 1 is 0.853 bits per heavy atom. The number of nitrogens with zero attached hydrogens (tertiary/aromatic N) is 2. The van der Waals surface area contributed by atoms with Crippen LogP contribution in [0.25, 0.3) is 0 Å². The number of thioether (sulfide) groups is 2. The number of unbranched alkanes of at least 4 members (excludes halogenated alkanes) is 2. The van der Waals surface area contributed by atoms with Gasteiger partial charge >= 0.3 is 0 Å². The maximum Gasteiger partial charge on any atom is 0.242 e. The maximum absolute atomic E-state index is 11.9. The number of likely N-dealkylation sites (tertiary alicyclic amines) is 2. The average molecular weight is 518 g/mol. The fourth-order valence-electron chi connectivity index (χ4n) is 3.13. The second-order valence-electron chi connectivity index (χ2n) is 7.86. The van der Waals surface area contributed by atoms with Crippen LogP contribution in [0.5, 0.6) is 0 Å². The lowest BCUT2D eigenvalue weighted by Gasteiger charge is -2.13. The molecule has 0 bridgehead atoms. The van der Waals surface area contributed by atoms with Gasteiger partial charge in [-0.3, -0.25) is 38.6 Å². The monoisotopic (exact) mass is 517 g/mol. The minimum Gasteiger partial charge on any atom is -0.358 e. The summed E-state index contributed by atoms with van der Waals surface area (Å²) in [4.78, 5) is 71.4. The summed E-state index contributed by atoms with van der Waals surface area (Å²) >= 11 is 2.52. The van der Waals surface area contributed by atoms with E-state index in [1.165, 1.54) is 40.2 Å². The highest BCUT2D eigenvalue weighted by Gasteiger charge is 2.39. The van der Waals surface area contributed by atoms with Crippen LogP contribution in [0.1, 0.15) is 66.7 Å². The average Bonchev–Trinajstić information content (AvgIpc) is 3.21. The van der Waals surface area contributed by atoms with E-state index >= 15 is 0 Å². The Balaban J connectivity index is 0.000000623. The number of rotatable bonds is 12. The quantitative estimate of drug-likeness (QED) is 0.391. The largest absolute Gasteiger partial charge is 0.358 e. The third kappa shape index (κ3) is 10.2. The van der Waals surface area contributed by atoms with Crippen LogP contribution in [0.3, 0.4) is 0 Å². The standard InChI is InChI=1S/C11H18N2O3S.C11H17NO3S.CH4/c1-3-4-5-13-10(15)6-8(11(13)16)17-7-9(14)12-2;1-3-4-5-12-10(14)6-9(11(12)15)16-7-8(2)13;/h8H,3-7H2,1-2H3,(H,12,14);9H,3-7H2,1-2H3;1H4. The number of imide groups is 2. The van der Waals surface area contributed by atoms with Gasteiger partial charge in [-0.2, -0.15) is 0 Å². The fourth-order valence-corrected chi connectivity index (χ4v) is 5.13. The molecule has 2 heterocycles. The van der Waals surface area contributed by atoms with Crippen LogP contribution in [-0.2, 0) is 28.8 Å². The van der Waals surface area contributed by atoms with Crippen molar-refractivity contribution >= 4 is 58.8 Å². The summed E-state index contributed by atoms with van der Waals surface area (Å²) in [5, 5.41) is 1.77. The molecule has 0 aromatic heterocycles. The van der Waals surface area contributed by atoms with Crippen molar-refractivity contribution in [3.8, 4) is 0 Å². The molecular formula is C23H39N3O6S2. The van der Waals surface area contributed by atoms with E-state index in [0.29, 0.717) is 18.8 Å². The molecule has 9 nitrogen and oxygen atoms in total. The number of carbonyl (C=O) groups is 6. The second-order valence-corrected chi connectivity index (χ2v) is 10.2. The summed E-state index contributed by atoms with van der Waals surface area (Å²) in [5.41, 5.74) is 0. The van der Waals surface area contributed by atoms with Gasteiger partial charge in [0.25, 0.3) is 0 Å². The normalized spacial score (nSPS) is 19.6. The summed E-state index contributed by atoms with van der Waals surface area (Å²) in [6, 6.07) is 0. The van der Waals surface area contributed by atoms with Gasteiger partial charge in [-0.25, -0.2) is 0 Å². The van der Waals surface area contributed by atoms with Gasteiger partial charge in [-0.05, 0) is 19.8 Å². The van der Waals surface area contributed by atoms with Crippen molar-refractivity contribution in [2.45, 2.75) is 77.2 Å². The van der Waals surface area contributed by atoms with Gasteiger partial charge in [0, 0.05) is 33.0 Å². The van der Waals surface area contributed by atoms with Crippen molar-refractivity contribution in [1.29, 1.82) is 0 Å². The van der Waals surface area contributed by atoms with E-state index in [9.17, 15) is 28.8 Å². The zero-order chi connectivity index (χ0) is 25.0. The van der Waals surface area contributed by atoms with E-state index in [-0.39, 0.29) is 71.8 Å². The van der Waals surface area contributed by atoms with Crippen molar-refractivity contribution in [3.63, 3.8) is 0 Å². The smallest absolute Gasteiger partial charge is 0.242 e. The van der Waals surface area contributed by atoms with Crippen LogP contribution in [0.4, 0.5) is 0 Å². The van der Waals surface area contributed by atoms with E-state index < -0.39 is 0 Å². The first kappa shape index (κ1) is 32.1. The van der Waals surface area contributed by atoms with Crippen LogP contribution < -0.4 is 5.32 Å². The van der Waals surface area contributed by atoms with Gasteiger partial charge < -0.3 is 5.32 Å². The Bertz CT molecular complexity index is 746. The predicted octanol–water partition coefficient (Wildman–Crippen LogP) is 2.27. The lowest BCUT2D eigenvalue weighted by molar-refractivity contribution is -0.139. The van der Waals surface area contributed by atoms with Crippen molar-refractivity contribution in [1.82, 2.24) is 15.1 Å². The highest BCUT2D eigenvalue weighted by atomic mass is 32.2.